The fraction of sp³-hybridized carbons (Fsp3) is 0.487. The van der Waals surface area contributed by atoms with Crippen LogP contribution in [-0.2, 0) is 12.8 Å². The van der Waals surface area contributed by atoms with Crippen LogP contribution in [0.25, 0.3) is 0 Å². The summed E-state index contributed by atoms with van der Waals surface area (Å²) >= 11 is 0. The van der Waals surface area contributed by atoms with E-state index in [1.165, 1.54) is 54.4 Å². The summed E-state index contributed by atoms with van der Waals surface area (Å²) in [5.41, 5.74) is 12.0. The van der Waals surface area contributed by atoms with Gasteiger partial charge >= 0.3 is 0 Å². The van der Waals surface area contributed by atoms with Crippen molar-refractivity contribution >= 4 is 0 Å². The van der Waals surface area contributed by atoms with Crippen molar-refractivity contribution in [3.05, 3.63) is 120 Å². The number of hydrogen-bond donors (Lipinski definition) is 1. The van der Waals surface area contributed by atoms with E-state index in [0.29, 0.717) is 5.92 Å². The second kappa shape index (κ2) is 26.6. The Morgan fingerprint density at radius 3 is 1.40 bits per heavy atom. The van der Waals surface area contributed by atoms with Crippen molar-refractivity contribution in [1.29, 1.82) is 0 Å². The van der Waals surface area contributed by atoms with Gasteiger partial charge in [0.25, 0.3) is 0 Å². The van der Waals surface area contributed by atoms with Gasteiger partial charge in [-0.15, -0.1) is 6.58 Å². The van der Waals surface area contributed by atoms with Crippen molar-refractivity contribution in [3.8, 4) is 0 Å². The zero-order valence-electron chi connectivity index (χ0n) is 28.3. The Bertz CT molecular complexity index is 891. The molecule has 2 rings (SSSR count). The molecule has 0 heterocycles. The Labute approximate surface area is 251 Å². The lowest BCUT2D eigenvalue weighted by molar-refractivity contribution is 0.580. The average Bonchev–Trinajstić information content (AvgIpc) is 2.89. The molecule has 0 spiro atoms. The maximum atomic E-state index is 5.58. The van der Waals surface area contributed by atoms with Gasteiger partial charge in [-0.2, -0.15) is 0 Å². The van der Waals surface area contributed by atoms with Crippen molar-refractivity contribution in [2.24, 2.45) is 17.6 Å². The fourth-order valence-corrected chi connectivity index (χ4v) is 2.60. The van der Waals surface area contributed by atoms with Gasteiger partial charge in [-0.05, 0) is 110 Å². The Balaban J connectivity index is -0.000000469. The van der Waals surface area contributed by atoms with E-state index < -0.39 is 0 Å². The molecule has 0 saturated carbocycles. The van der Waals surface area contributed by atoms with Crippen LogP contribution in [0.15, 0.2) is 109 Å². The molecule has 2 aromatic rings. The molecule has 0 fully saturated rings. The molecule has 1 unspecified atom stereocenters. The molecule has 0 aromatic heterocycles. The largest absolute Gasteiger partial charge is 0.322 e. The van der Waals surface area contributed by atoms with Crippen LogP contribution in [0.3, 0.4) is 0 Å². The van der Waals surface area contributed by atoms with E-state index in [1.54, 1.807) is 6.08 Å². The van der Waals surface area contributed by atoms with Crippen molar-refractivity contribution in [2.45, 2.75) is 114 Å². The predicted octanol–water partition coefficient (Wildman–Crippen LogP) is 12.0. The van der Waals surface area contributed by atoms with Crippen LogP contribution >= 0.6 is 0 Å². The number of rotatable bonds is 9. The lowest BCUT2D eigenvalue weighted by Gasteiger charge is -2.17. The first kappa shape index (κ1) is 41.8. The van der Waals surface area contributed by atoms with Crippen molar-refractivity contribution in [3.63, 3.8) is 0 Å². The Morgan fingerprint density at radius 1 is 0.775 bits per heavy atom. The number of aryl methyl sites for hydroxylation is 2. The second-order valence-corrected chi connectivity index (χ2v) is 11.8. The molecule has 0 aliphatic carbocycles. The normalized spacial score (nSPS) is 10.4. The number of allylic oxidation sites excluding steroid dienone is 4. The Morgan fingerprint density at radius 2 is 1.12 bits per heavy atom. The molecule has 0 bridgehead atoms. The van der Waals surface area contributed by atoms with Crippen LogP contribution in [0.5, 0.6) is 0 Å². The molecule has 1 heteroatoms. The van der Waals surface area contributed by atoms with Crippen LogP contribution in [-0.4, -0.2) is 5.54 Å². The third-order valence-corrected chi connectivity index (χ3v) is 6.32. The van der Waals surface area contributed by atoms with Crippen molar-refractivity contribution in [2.75, 3.05) is 0 Å². The molecular formula is C39H65N. The standard InChI is InChI=1S/C14H20.C11H16.C6H13N.C5H10.C3H6/c1-12(2)13(3)8-7-11-14-9-5-4-6-10-14;1-10(2)8-9-11-6-4-3-5-7-11;1-5(2)6(3,4)7;1-4-5(2)3;1-3-2/h4-6,9-10,13H,1,7-8,11H2,2-3H3;3-7,10H,8-9H2,1-2H3;1,7H2,2-4H3;4H,1-3H3;3H,1H2,2H3. The third-order valence-electron chi connectivity index (χ3n) is 6.32. The van der Waals surface area contributed by atoms with Crippen LogP contribution in [0, 0.1) is 11.8 Å². The molecule has 0 radical (unpaired) electrons. The number of nitrogens with two attached hydrogens (primary N) is 1. The van der Waals surface area contributed by atoms with Crippen molar-refractivity contribution in [1.82, 2.24) is 0 Å². The van der Waals surface area contributed by atoms with Gasteiger partial charge in [-0.1, -0.05) is 123 Å². The lowest BCUT2D eigenvalue weighted by atomic mass is 9.96. The predicted molar refractivity (Wildman–Crippen MR) is 187 cm³/mol. The minimum atomic E-state index is -0.194. The minimum absolute atomic E-state index is 0.194. The van der Waals surface area contributed by atoms with Crippen LogP contribution in [0.4, 0.5) is 0 Å². The highest BCUT2D eigenvalue weighted by molar-refractivity contribution is 5.15. The molecular weight excluding hydrogens is 482 g/mol. The summed E-state index contributed by atoms with van der Waals surface area (Å²) in [7, 11) is 0. The zero-order chi connectivity index (χ0) is 31.6. The first-order valence-corrected chi connectivity index (χ1v) is 15.0. The van der Waals surface area contributed by atoms with Crippen LogP contribution < -0.4 is 5.73 Å². The number of benzene rings is 2. The summed E-state index contributed by atoms with van der Waals surface area (Å²) < 4.78 is 0. The van der Waals surface area contributed by atoms with E-state index in [0.717, 1.165) is 11.5 Å². The van der Waals surface area contributed by atoms with Gasteiger partial charge in [0, 0.05) is 5.54 Å². The summed E-state index contributed by atoms with van der Waals surface area (Å²) in [5.74, 6) is 1.48. The molecule has 1 atom stereocenters. The van der Waals surface area contributed by atoms with E-state index in [-0.39, 0.29) is 5.54 Å². The Kier molecular flexibility index (Phi) is 27.8. The lowest BCUT2D eigenvalue weighted by Crippen LogP contribution is -2.32. The maximum absolute atomic E-state index is 5.58. The summed E-state index contributed by atoms with van der Waals surface area (Å²) in [5, 5.41) is 0. The SMILES string of the molecule is C=C(C)C(C)(C)N.C=C(C)C(C)CCCc1ccccc1.C=CC.CC(C)CCc1ccccc1.CC=C(C)C. The maximum Gasteiger partial charge on any atom is 0.0306 e. The van der Waals surface area contributed by atoms with Gasteiger partial charge in [0.15, 0.2) is 0 Å². The highest BCUT2D eigenvalue weighted by Crippen LogP contribution is 2.16. The first-order valence-electron chi connectivity index (χ1n) is 15.0. The molecule has 0 aliphatic heterocycles. The van der Waals surface area contributed by atoms with E-state index >= 15 is 0 Å². The van der Waals surface area contributed by atoms with Crippen LogP contribution in [0.1, 0.15) is 107 Å². The van der Waals surface area contributed by atoms with Crippen LogP contribution in [0.2, 0.25) is 0 Å². The minimum Gasteiger partial charge on any atom is -0.322 e. The monoisotopic (exact) mass is 548 g/mol. The summed E-state index contributed by atoms with van der Waals surface area (Å²) in [6.07, 6.45) is 10.1. The summed E-state index contributed by atoms with van der Waals surface area (Å²) in [6, 6.07) is 21.4. The van der Waals surface area contributed by atoms with Gasteiger partial charge in [0.2, 0.25) is 0 Å². The summed E-state index contributed by atoms with van der Waals surface area (Å²) in [6.45, 7) is 33.9. The topological polar surface area (TPSA) is 26.0 Å². The second-order valence-electron chi connectivity index (χ2n) is 11.8. The zero-order valence-corrected chi connectivity index (χ0v) is 28.3. The van der Waals surface area contributed by atoms with E-state index in [9.17, 15) is 0 Å². The molecule has 1 nitrogen and oxygen atoms in total. The van der Waals surface area contributed by atoms with Gasteiger partial charge in [0.05, 0.1) is 0 Å². The molecule has 40 heavy (non-hydrogen) atoms. The smallest absolute Gasteiger partial charge is 0.0306 e. The average molecular weight is 548 g/mol. The van der Waals surface area contributed by atoms with E-state index in [1.807, 2.05) is 34.6 Å². The van der Waals surface area contributed by atoms with Gasteiger partial charge in [-0.3, -0.25) is 0 Å². The molecule has 0 aliphatic rings. The fourth-order valence-electron chi connectivity index (χ4n) is 2.60. The molecule has 226 valence electrons. The van der Waals surface area contributed by atoms with E-state index in [4.69, 9.17) is 5.73 Å². The van der Waals surface area contributed by atoms with Gasteiger partial charge < -0.3 is 5.73 Å². The van der Waals surface area contributed by atoms with Gasteiger partial charge in [0.1, 0.15) is 0 Å². The third kappa shape index (κ3) is 31.6. The number of hydrogen-bond acceptors (Lipinski definition) is 1. The summed E-state index contributed by atoms with van der Waals surface area (Å²) in [4.78, 5) is 0. The van der Waals surface area contributed by atoms with E-state index in [2.05, 4.69) is 128 Å². The van der Waals surface area contributed by atoms with Crippen molar-refractivity contribution < 1.29 is 0 Å². The molecule has 2 N–H and O–H groups in total. The first-order chi connectivity index (χ1) is 18.6. The molecule has 0 saturated heterocycles. The molecule has 0 amide bonds. The highest BCUT2D eigenvalue weighted by Gasteiger charge is 2.09. The quantitative estimate of drug-likeness (QED) is 0.310. The van der Waals surface area contributed by atoms with Gasteiger partial charge in [-0.25, -0.2) is 0 Å². The molecule has 2 aromatic carbocycles. The Hall–Kier alpha value is -2.64. The highest BCUT2D eigenvalue weighted by atomic mass is 14.7.